The molecule has 1 aliphatic heterocycles. The summed E-state index contributed by atoms with van der Waals surface area (Å²) >= 11 is 1.55. The van der Waals surface area contributed by atoms with Gasteiger partial charge in [-0.2, -0.15) is 9.78 Å². The number of aromatic nitrogens is 3. The Morgan fingerprint density at radius 2 is 1.92 bits per heavy atom. The molecule has 0 atom stereocenters. The Morgan fingerprint density at radius 3 is 2.67 bits per heavy atom. The number of fused-ring (bicyclic) bond motifs is 1. The molecule has 0 bridgehead atoms. The molecule has 1 aliphatic rings. The standard InChI is InChI=1S/C17H13FN4OS/c1-23-14-7-5-11(6-8-14)15-10-24-17-20-19-16(22(17)21-15)12-3-2-4-13(18)9-12/h2-9H,10H2,1H3. The summed E-state index contributed by atoms with van der Waals surface area (Å²) in [6, 6.07) is 14.0. The smallest absolute Gasteiger partial charge is 0.212 e. The second-order valence-corrected chi connectivity index (χ2v) is 6.13. The maximum Gasteiger partial charge on any atom is 0.212 e. The number of halogens is 1. The van der Waals surface area contributed by atoms with E-state index >= 15 is 0 Å². The minimum atomic E-state index is -0.312. The van der Waals surface area contributed by atoms with Crippen LogP contribution < -0.4 is 4.74 Å². The first-order valence-corrected chi connectivity index (χ1v) is 8.29. The maximum absolute atomic E-state index is 13.5. The lowest BCUT2D eigenvalue weighted by atomic mass is 10.1. The fourth-order valence-electron chi connectivity index (χ4n) is 2.46. The Hall–Kier alpha value is -2.67. The van der Waals surface area contributed by atoms with Crippen molar-refractivity contribution in [2.75, 3.05) is 12.9 Å². The van der Waals surface area contributed by atoms with Gasteiger partial charge in [0, 0.05) is 11.3 Å². The number of benzene rings is 2. The minimum absolute atomic E-state index is 0.312. The fraction of sp³-hybridized carbons (Fsp3) is 0.118. The van der Waals surface area contributed by atoms with E-state index in [1.807, 2.05) is 24.3 Å². The summed E-state index contributed by atoms with van der Waals surface area (Å²) in [6.45, 7) is 0. The summed E-state index contributed by atoms with van der Waals surface area (Å²) in [4.78, 5) is 0. The van der Waals surface area contributed by atoms with Crippen LogP contribution in [0, 0.1) is 5.82 Å². The minimum Gasteiger partial charge on any atom is -0.497 e. The quantitative estimate of drug-likeness (QED) is 0.733. The van der Waals surface area contributed by atoms with Gasteiger partial charge in [-0.1, -0.05) is 23.9 Å². The number of hydrogen-bond acceptors (Lipinski definition) is 5. The van der Waals surface area contributed by atoms with Gasteiger partial charge in [0.05, 0.1) is 12.8 Å². The monoisotopic (exact) mass is 340 g/mol. The highest BCUT2D eigenvalue weighted by atomic mass is 32.2. The van der Waals surface area contributed by atoms with Crippen molar-refractivity contribution in [2.24, 2.45) is 5.10 Å². The largest absolute Gasteiger partial charge is 0.497 e. The lowest BCUT2D eigenvalue weighted by Crippen LogP contribution is -2.13. The van der Waals surface area contributed by atoms with Gasteiger partial charge in [-0.05, 0) is 42.0 Å². The predicted octanol–water partition coefficient (Wildman–Crippen LogP) is 3.45. The van der Waals surface area contributed by atoms with Crippen molar-refractivity contribution >= 4 is 17.5 Å². The van der Waals surface area contributed by atoms with Crippen LogP contribution in [0.1, 0.15) is 5.56 Å². The van der Waals surface area contributed by atoms with Crippen LogP contribution in [0.2, 0.25) is 0 Å². The van der Waals surface area contributed by atoms with Crippen molar-refractivity contribution in [2.45, 2.75) is 5.16 Å². The highest BCUT2D eigenvalue weighted by molar-refractivity contribution is 7.99. The molecule has 0 N–H and O–H groups in total. The molecule has 24 heavy (non-hydrogen) atoms. The summed E-state index contributed by atoms with van der Waals surface area (Å²) in [5.41, 5.74) is 2.56. The molecule has 1 aromatic heterocycles. The van der Waals surface area contributed by atoms with E-state index < -0.39 is 0 Å². The molecule has 120 valence electrons. The molecule has 0 amide bonds. The molecule has 0 unspecified atom stereocenters. The Morgan fingerprint density at radius 1 is 1.08 bits per heavy atom. The van der Waals surface area contributed by atoms with Gasteiger partial charge >= 0.3 is 0 Å². The number of rotatable bonds is 3. The molecule has 4 rings (SSSR count). The molecule has 5 nitrogen and oxygen atoms in total. The molecule has 0 saturated heterocycles. The zero-order chi connectivity index (χ0) is 16.5. The van der Waals surface area contributed by atoms with Gasteiger partial charge in [0.15, 0.2) is 5.82 Å². The van der Waals surface area contributed by atoms with E-state index in [0.717, 1.165) is 17.0 Å². The third-order valence-corrected chi connectivity index (χ3v) is 4.61. The van der Waals surface area contributed by atoms with E-state index in [2.05, 4.69) is 15.3 Å². The molecular formula is C17H13FN4OS. The van der Waals surface area contributed by atoms with E-state index in [1.165, 1.54) is 12.1 Å². The number of hydrogen-bond donors (Lipinski definition) is 0. The Bertz CT molecular complexity index is 921. The first-order chi connectivity index (χ1) is 11.7. The van der Waals surface area contributed by atoms with Crippen LogP contribution in [-0.2, 0) is 0 Å². The topological polar surface area (TPSA) is 52.3 Å². The predicted molar refractivity (Wildman–Crippen MR) is 91.1 cm³/mol. The van der Waals surface area contributed by atoms with Crippen molar-refractivity contribution in [3.05, 3.63) is 59.9 Å². The molecule has 0 saturated carbocycles. The zero-order valence-electron chi connectivity index (χ0n) is 12.8. The van der Waals surface area contributed by atoms with Gasteiger partial charge in [-0.15, -0.1) is 10.2 Å². The molecular weight excluding hydrogens is 327 g/mol. The third-order valence-electron chi connectivity index (χ3n) is 3.68. The average Bonchev–Trinajstić information content (AvgIpc) is 3.05. The molecule has 7 heteroatoms. The molecule has 0 fully saturated rings. The number of ether oxygens (including phenoxy) is 1. The van der Waals surface area contributed by atoms with Gasteiger partial charge in [-0.3, -0.25) is 0 Å². The summed E-state index contributed by atoms with van der Waals surface area (Å²) in [6.07, 6.45) is 0. The Balaban J connectivity index is 1.75. The normalized spacial score (nSPS) is 13.3. The first kappa shape index (κ1) is 14.9. The van der Waals surface area contributed by atoms with Crippen LogP contribution in [-0.4, -0.2) is 33.4 Å². The average molecular weight is 340 g/mol. The molecule has 0 spiro atoms. The van der Waals surface area contributed by atoms with Gasteiger partial charge in [-0.25, -0.2) is 4.39 Å². The number of methoxy groups -OCH3 is 1. The molecule has 2 heterocycles. The van der Waals surface area contributed by atoms with Crippen molar-refractivity contribution in [3.8, 4) is 17.1 Å². The SMILES string of the molecule is COc1ccc(C2=Nn3c(nnc3-c3cccc(F)c3)SC2)cc1. The van der Waals surface area contributed by atoms with E-state index in [1.54, 1.807) is 35.7 Å². The Labute approximate surface area is 142 Å². The Kier molecular flexibility index (Phi) is 3.78. The number of thioether (sulfide) groups is 1. The van der Waals surface area contributed by atoms with E-state index in [0.29, 0.717) is 22.3 Å². The van der Waals surface area contributed by atoms with Crippen molar-refractivity contribution < 1.29 is 9.13 Å². The van der Waals surface area contributed by atoms with Gasteiger partial charge < -0.3 is 4.74 Å². The van der Waals surface area contributed by atoms with Crippen molar-refractivity contribution in [3.63, 3.8) is 0 Å². The number of nitrogens with zero attached hydrogens (tertiary/aromatic N) is 4. The third kappa shape index (κ3) is 2.67. The lowest BCUT2D eigenvalue weighted by Gasteiger charge is -2.14. The zero-order valence-corrected chi connectivity index (χ0v) is 13.6. The second-order valence-electron chi connectivity index (χ2n) is 5.19. The molecule has 2 aromatic carbocycles. The van der Waals surface area contributed by atoms with Crippen LogP contribution in [0.15, 0.2) is 58.8 Å². The maximum atomic E-state index is 13.5. The van der Waals surface area contributed by atoms with E-state index in [-0.39, 0.29) is 5.82 Å². The van der Waals surface area contributed by atoms with Crippen LogP contribution in [0.5, 0.6) is 5.75 Å². The van der Waals surface area contributed by atoms with Gasteiger partial charge in [0.2, 0.25) is 5.16 Å². The first-order valence-electron chi connectivity index (χ1n) is 7.31. The fourth-order valence-corrected chi connectivity index (χ4v) is 3.30. The molecule has 0 radical (unpaired) electrons. The molecule has 0 aliphatic carbocycles. The van der Waals surface area contributed by atoms with E-state index in [4.69, 9.17) is 4.74 Å². The summed E-state index contributed by atoms with van der Waals surface area (Å²) in [7, 11) is 1.64. The van der Waals surface area contributed by atoms with Crippen molar-refractivity contribution in [1.29, 1.82) is 0 Å². The summed E-state index contributed by atoms with van der Waals surface area (Å²) in [5.74, 6) is 1.72. The van der Waals surface area contributed by atoms with Gasteiger partial charge in [0.1, 0.15) is 11.6 Å². The lowest BCUT2D eigenvalue weighted by molar-refractivity contribution is 0.415. The highest BCUT2D eigenvalue weighted by Crippen LogP contribution is 2.29. The van der Waals surface area contributed by atoms with Crippen LogP contribution >= 0.6 is 11.8 Å². The van der Waals surface area contributed by atoms with Crippen LogP contribution in [0.25, 0.3) is 11.4 Å². The van der Waals surface area contributed by atoms with Crippen LogP contribution in [0.3, 0.4) is 0 Å². The summed E-state index contributed by atoms with van der Waals surface area (Å²) < 4.78 is 20.3. The second kappa shape index (κ2) is 6.09. The summed E-state index contributed by atoms with van der Waals surface area (Å²) in [5, 5.41) is 13.7. The van der Waals surface area contributed by atoms with Gasteiger partial charge in [0.25, 0.3) is 0 Å². The highest BCUT2D eigenvalue weighted by Gasteiger charge is 2.20. The van der Waals surface area contributed by atoms with Crippen LogP contribution in [0.4, 0.5) is 4.39 Å². The van der Waals surface area contributed by atoms with E-state index in [9.17, 15) is 4.39 Å². The molecule has 3 aromatic rings. The van der Waals surface area contributed by atoms with Crippen molar-refractivity contribution in [1.82, 2.24) is 14.9 Å².